The molecule has 1 aromatic carbocycles. The summed E-state index contributed by atoms with van der Waals surface area (Å²) in [7, 11) is 0. The van der Waals surface area contributed by atoms with E-state index < -0.39 is 0 Å². The monoisotopic (exact) mass is 398 g/mol. The van der Waals surface area contributed by atoms with Crippen LogP contribution in [0.15, 0.2) is 46.8 Å². The number of hydrogen-bond acceptors (Lipinski definition) is 7. The molecule has 0 aliphatic carbocycles. The minimum atomic E-state index is -0.242. The number of H-pyrrole nitrogens is 1. The Morgan fingerprint density at radius 3 is 2.96 bits per heavy atom. The third kappa shape index (κ3) is 3.36. The van der Waals surface area contributed by atoms with Crippen LogP contribution in [-0.4, -0.2) is 19.9 Å². The lowest BCUT2D eigenvalue weighted by atomic mass is 10.1. The van der Waals surface area contributed by atoms with Crippen molar-refractivity contribution in [1.82, 2.24) is 19.9 Å². The summed E-state index contributed by atoms with van der Waals surface area (Å²) >= 11 is 7.63. The SMILES string of the molecule is C[C@H](Nc1nc(N)ncc1-c1nccs1)c1cc2cccc(Cl)c2c(=O)[nH]1. The van der Waals surface area contributed by atoms with E-state index in [9.17, 15) is 4.79 Å². The average Bonchev–Trinajstić information content (AvgIpc) is 3.16. The molecule has 4 N–H and O–H groups in total. The Morgan fingerprint density at radius 2 is 2.19 bits per heavy atom. The van der Waals surface area contributed by atoms with Gasteiger partial charge in [0.05, 0.1) is 22.0 Å². The molecule has 136 valence electrons. The topological polar surface area (TPSA) is 110 Å². The second kappa shape index (κ2) is 6.98. The number of thiazole rings is 1. The van der Waals surface area contributed by atoms with Gasteiger partial charge in [-0.05, 0) is 24.4 Å². The van der Waals surface area contributed by atoms with Gasteiger partial charge in [0.25, 0.3) is 5.56 Å². The van der Waals surface area contributed by atoms with Crippen molar-refractivity contribution in [2.45, 2.75) is 13.0 Å². The molecule has 3 heterocycles. The molecular formula is C18H15ClN6OS. The number of nitrogens with two attached hydrogens (primary N) is 1. The first-order chi connectivity index (χ1) is 13.0. The fourth-order valence-electron chi connectivity index (χ4n) is 2.83. The number of fused-ring (bicyclic) bond motifs is 1. The fraction of sp³-hybridized carbons (Fsp3) is 0.111. The molecular weight excluding hydrogens is 384 g/mol. The molecule has 0 amide bonds. The molecule has 0 radical (unpaired) electrons. The predicted octanol–water partition coefficient (Wildman–Crippen LogP) is 3.85. The summed E-state index contributed by atoms with van der Waals surface area (Å²) in [4.78, 5) is 28.0. The molecule has 9 heteroatoms. The van der Waals surface area contributed by atoms with E-state index in [1.165, 1.54) is 11.3 Å². The van der Waals surface area contributed by atoms with Crippen molar-refractivity contribution in [3.63, 3.8) is 0 Å². The summed E-state index contributed by atoms with van der Waals surface area (Å²) in [6.07, 6.45) is 3.35. The highest BCUT2D eigenvalue weighted by atomic mass is 35.5. The summed E-state index contributed by atoms with van der Waals surface area (Å²) < 4.78 is 0. The Balaban J connectivity index is 1.73. The van der Waals surface area contributed by atoms with Gasteiger partial charge in [-0.1, -0.05) is 23.7 Å². The van der Waals surface area contributed by atoms with E-state index in [-0.39, 0.29) is 17.5 Å². The van der Waals surface area contributed by atoms with Gasteiger partial charge in [0, 0.05) is 23.5 Å². The van der Waals surface area contributed by atoms with Gasteiger partial charge in [-0.3, -0.25) is 4.79 Å². The zero-order valence-corrected chi connectivity index (χ0v) is 15.8. The van der Waals surface area contributed by atoms with Crippen LogP contribution in [0.2, 0.25) is 5.02 Å². The number of pyridine rings is 1. The molecule has 7 nitrogen and oxygen atoms in total. The van der Waals surface area contributed by atoms with Crippen molar-refractivity contribution in [3.8, 4) is 10.6 Å². The molecule has 0 saturated carbocycles. The minimum Gasteiger partial charge on any atom is -0.368 e. The minimum absolute atomic E-state index is 0.156. The van der Waals surface area contributed by atoms with E-state index >= 15 is 0 Å². The lowest BCUT2D eigenvalue weighted by Gasteiger charge is -2.17. The van der Waals surface area contributed by atoms with E-state index in [4.69, 9.17) is 17.3 Å². The predicted molar refractivity (Wildman–Crippen MR) is 109 cm³/mol. The maximum atomic E-state index is 12.5. The van der Waals surface area contributed by atoms with Gasteiger partial charge in [0.1, 0.15) is 10.8 Å². The Labute approximate surface area is 163 Å². The number of nitrogens with zero attached hydrogens (tertiary/aromatic N) is 3. The van der Waals surface area contributed by atoms with Crippen molar-refractivity contribution in [1.29, 1.82) is 0 Å². The third-order valence-corrected chi connectivity index (χ3v) is 5.25. The van der Waals surface area contributed by atoms with Crippen LogP contribution >= 0.6 is 22.9 Å². The molecule has 0 aliphatic rings. The molecule has 0 spiro atoms. The van der Waals surface area contributed by atoms with E-state index in [0.29, 0.717) is 21.9 Å². The molecule has 4 rings (SSSR count). The van der Waals surface area contributed by atoms with Gasteiger partial charge in [0.2, 0.25) is 5.95 Å². The van der Waals surface area contributed by atoms with Gasteiger partial charge in [-0.15, -0.1) is 11.3 Å². The number of rotatable bonds is 4. The average molecular weight is 399 g/mol. The molecule has 1 atom stereocenters. The Kier molecular flexibility index (Phi) is 4.51. The van der Waals surface area contributed by atoms with Gasteiger partial charge < -0.3 is 16.0 Å². The van der Waals surface area contributed by atoms with Crippen LogP contribution in [0.3, 0.4) is 0 Å². The molecule has 4 aromatic rings. The van der Waals surface area contributed by atoms with Crippen molar-refractivity contribution in [2.24, 2.45) is 0 Å². The molecule has 0 saturated heterocycles. The summed E-state index contributed by atoms with van der Waals surface area (Å²) in [5, 5.41) is 7.63. The zero-order valence-electron chi connectivity index (χ0n) is 14.2. The summed E-state index contributed by atoms with van der Waals surface area (Å²) in [5.41, 5.74) is 6.98. The highest BCUT2D eigenvalue weighted by Crippen LogP contribution is 2.30. The van der Waals surface area contributed by atoms with Crippen molar-refractivity contribution in [3.05, 3.63) is 63.1 Å². The maximum absolute atomic E-state index is 12.5. The van der Waals surface area contributed by atoms with Gasteiger partial charge in [-0.2, -0.15) is 4.98 Å². The molecule has 0 unspecified atom stereocenters. The van der Waals surface area contributed by atoms with Crippen LogP contribution in [0.4, 0.5) is 11.8 Å². The number of halogens is 1. The van der Waals surface area contributed by atoms with Gasteiger partial charge in [0.15, 0.2) is 0 Å². The summed E-state index contributed by atoms with van der Waals surface area (Å²) in [5.74, 6) is 0.709. The molecule has 3 aromatic heterocycles. The number of aromatic nitrogens is 4. The molecule has 0 fully saturated rings. The first-order valence-electron chi connectivity index (χ1n) is 8.13. The Morgan fingerprint density at radius 1 is 1.33 bits per heavy atom. The van der Waals surface area contributed by atoms with Crippen molar-refractivity contribution < 1.29 is 0 Å². The lowest BCUT2D eigenvalue weighted by Crippen LogP contribution is -2.17. The van der Waals surface area contributed by atoms with Crippen molar-refractivity contribution >= 4 is 45.5 Å². The van der Waals surface area contributed by atoms with Crippen LogP contribution in [0.1, 0.15) is 18.7 Å². The first kappa shape index (κ1) is 17.4. The number of nitrogens with one attached hydrogen (secondary N) is 2. The molecule has 27 heavy (non-hydrogen) atoms. The molecule has 0 aliphatic heterocycles. The van der Waals surface area contributed by atoms with Crippen LogP contribution in [-0.2, 0) is 0 Å². The van der Waals surface area contributed by atoms with E-state index in [2.05, 4.69) is 25.3 Å². The Hall–Kier alpha value is -2.97. The standard InChI is InChI=1S/C18H15ClN6OS/c1-9(13-7-10-3-2-4-12(19)14(10)16(26)24-13)23-15-11(8-22-18(20)25-15)17-21-5-6-27-17/h2-9H,1H3,(H,24,26)(H3,20,22,23,25)/t9-/m0/s1. The fourth-order valence-corrected chi connectivity index (χ4v) is 3.75. The van der Waals surface area contributed by atoms with Gasteiger partial charge >= 0.3 is 0 Å². The number of hydrogen-bond donors (Lipinski definition) is 3. The van der Waals surface area contributed by atoms with E-state index in [1.54, 1.807) is 18.5 Å². The summed E-state index contributed by atoms with van der Waals surface area (Å²) in [6.45, 7) is 1.92. The van der Waals surface area contributed by atoms with Crippen LogP contribution in [0.25, 0.3) is 21.3 Å². The second-order valence-electron chi connectivity index (χ2n) is 5.95. The number of benzene rings is 1. The summed E-state index contributed by atoms with van der Waals surface area (Å²) in [6, 6.07) is 7.03. The van der Waals surface area contributed by atoms with Crippen LogP contribution < -0.4 is 16.6 Å². The quantitative estimate of drug-likeness (QED) is 0.481. The van der Waals surface area contributed by atoms with Crippen LogP contribution in [0, 0.1) is 0 Å². The normalized spacial score (nSPS) is 12.2. The van der Waals surface area contributed by atoms with Crippen LogP contribution in [0.5, 0.6) is 0 Å². The molecule has 0 bridgehead atoms. The number of nitrogen functional groups attached to an aromatic ring is 1. The Bertz CT molecular complexity index is 1170. The van der Waals surface area contributed by atoms with E-state index in [1.807, 2.05) is 30.5 Å². The smallest absolute Gasteiger partial charge is 0.257 e. The van der Waals surface area contributed by atoms with Gasteiger partial charge in [-0.25, -0.2) is 9.97 Å². The number of anilines is 2. The van der Waals surface area contributed by atoms with Crippen molar-refractivity contribution in [2.75, 3.05) is 11.1 Å². The third-order valence-electron chi connectivity index (χ3n) is 4.13. The highest BCUT2D eigenvalue weighted by molar-refractivity contribution is 7.13. The maximum Gasteiger partial charge on any atom is 0.257 e. The first-order valence-corrected chi connectivity index (χ1v) is 9.39. The second-order valence-corrected chi connectivity index (χ2v) is 7.25. The number of aromatic amines is 1. The lowest BCUT2D eigenvalue weighted by molar-refractivity contribution is 0.829. The zero-order chi connectivity index (χ0) is 19.0. The highest BCUT2D eigenvalue weighted by Gasteiger charge is 2.16. The largest absolute Gasteiger partial charge is 0.368 e. The van der Waals surface area contributed by atoms with E-state index in [0.717, 1.165) is 16.0 Å².